The number of hydrogen-bond donors (Lipinski definition) is 2. The maximum absolute atomic E-state index is 9.01. The van der Waals surface area contributed by atoms with Crippen LogP contribution in [0.1, 0.15) is 33.1 Å². The summed E-state index contributed by atoms with van der Waals surface area (Å²) in [6.07, 6.45) is 3.57. The van der Waals surface area contributed by atoms with Crippen LogP contribution >= 0.6 is 0 Å². The third-order valence-electron chi connectivity index (χ3n) is 4.27. The van der Waals surface area contributed by atoms with Gasteiger partial charge < -0.3 is 15.3 Å². The van der Waals surface area contributed by atoms with Gasteiger partial charge in [0.05, 0.1) is 0 Å². The van der Waals surface area contributed by atoms with Gasteiger partial charge in [0.1, 0.15) is 0 Å². The molecule has 0 aliphatic carbocycles. The van der Waals surface area contributed by atoms with Crippen LogP contribution in [0.25, 0.3) is 0 Å². The molecule has 2 rings (SSSR count). The van der Waals surface area contributed by atoms with E-state index in [-0.39, 0.29) is 5.41 Å². The Morgan fingerprint density at radius 3 is 2.81 bits per heavy atom. The number of nitrogens with zero attached hydrogens (tertiary/aromatic N) is 1. The topological polar surface area (TPSA) is 35.5 Å². The first-order chi connectivity index (χ1) is 7.61. The Labute approximate surface area is 99.2 Å². The second-order valence-corrected chi connectivity index (χ2v) is 6.26. The lowest BCUT2D eigenvalue weighted by Crippen LogP contribution is -2.46. The van der Waals surface area contributed by atoms with Gasteiger partial charge in [0.15, 0.2) is 0 Å². The van der Waals surface area contributed by atoms with Crippen LogP contribution in [0, 0.1) is 11.3 Å². The first-order valence-electron chi connectivity index (χ1n) is 6.67. The lowest BCUT2D eigenvalue weighted by atomic mass is 9.87. The smallest absolute Gasteiger partial charge is 0.0436 e. The Bertz CT molecular complexity index is 230. The highest BCUT2D eigenvalue weighted by atomic mass is 16.3. The van der Waals surface area contributed by atoms with Gasteiger partial charge in [-0.05, 0) is 43.7 Å². The summed E-state index contributed by atoms with van der Waals surface area (Å²) >= 11 is 0. The van der Waals surface area contributed by atoms with Crippen molar-refractivity contribution >= 4 is 0 Å². The van der Waals surface area contributed by atoms with E-state index in [2.05, 4.69) is 24.1 Å². The van der Waals surface area contributed by atoms with E-state index in [9.17, 15) is 0 Å². The van der Waals surface area contributed by atoms with E-state index in [1.165, 1.54) is 32.5 Å². The number of hydrogen-bond acceptors (Lipinski definition) is 3. The van der Waals surface area contributed by atoms with Crippen LogP contribution in [0.4, 0.5) is 0 Å². The van der Waals surface area contributed by atoms with Crippen molar-refractivity contribution in [3.8, 4) is 0 Å². The predicted molar refractivity (Wildman–Crippen MR) is 66.4 cm³/mol. The van der Waals surface area contributed by atoms with Gasteiger partial charge >= 0.3 is 0 Å². The van der Waals surface area contributed by atoms with Gasteiger partial charge in [0, 0.05) is 25.7 Å². The van der Waals surface area contributed by atoms with Gasteiger partial charge in [-0.1, -0.05) is 13.8 Å². The highest BCUT2D eigenvalue weighted by molar-refractivity contribution is 4.91. The van der Waals surface area contributed by atoms with Crippen molar-refractivity contribution in [2.24, 2.45) is 11.3 Å². The number of aliphatic hydroxyl groups excluding tert-OH is 1. The highest BCUT2D eigenvalue weighted by Crippen LogP contribution is 2.28. The largest absolute Gasteiger partial charge is 0.396 e. The molecule has 0 aromatic carbocycles. The summed E-state index contributed by atoms with van der Waals surface area (Å²) in [5, 5.41) is 12.7. The maximum atomic E-state index is 9.01. The number of piperidine rings is 1. The summed E-state index contributed by atoms with van der Waals surface area (Å²) < 4.78 is 0. The fourth-order valence-corrected chi connectivity index (χ4v) is 3.02. The molecule has 3 unspecified atom stereocenters. The second-order valence-electron chi connectivity index (χ2n) is 6.26. The lowest BCUT2D eigenvalue weighted by molar-refractivity contribution is 0.177. The summed E-state index contributed by atoms with van der Waals surface area (Å²) in [5.41, 5.74) is 0.227. The van der Waals surface area contributed by atoms with Crippen molar-refractivity contribution in [1.29, 1.82) is 0 Å². The van der Waals surface area contributed by atoms with Gasteiger partial charge in [0.25, 0.3) is 0 Å². The minimum absolute atomic E-state index is 0.227. The molecule has 0 aromatic rings. The molecule has 0 saturated carbocycles. The van der Waals surface area contributed by atoms with Crippen molar-refractivity contribution in [2.45, 2.75) is 39.2 Å². The van der Waals surface area contributed by atoms with E-state index >= 15 is 0 Å². The van der Waals surface area contributed by atoms with Crippen LogP contribution in [0.3, 0.4) is 0 Å². The van der Waals surface area contributed by atoms with Gasteiger partial charge in [-0.15, -0.1) is 0 Å². The number of nitrogens with one attached hydrogen (secondary N) is 1. The molecular weight excluding hydrogens is 200 g/mol. The Balaban J connectivity index is 1.77. The standard InChI is InChI=1S/C13H26N2O/c1-13(2,5-8-16)10-14-12-4-7-15-6-3-11(12)9-15/h11-12,14,16H,3-10H2,1-2H3. The Morgan fingerprint density at radius 2 is 2.06 bits per heavy atom. The fraction of sp³-hybridized carbons (Fsp3) is 1.00. The van der Waals surface area contributed by atoms with Gasteiger partial charge in [0.2, 0.25) is 0 Å². The second kappa shape index (κ2) is 5.03. The molecule has 0 radical (unpaired) electrons. The molecule has 2 bridgehead atoms. The molecule has 3 atom stereocenters. The van der Waals surface area contributed by atoms with Crippen LogP contribution in [-0.2, 0) is 0 Å². The summed E-state index contributed by atoms with van der Waals surface area (Å²) in [6.45, 7) is 9.70. The molecule has 94 valence electrons. The summed E-state index contributed by atoms with van der Waals surface area (Å²) in [7, 11) is 0. The molecule has 0 spiro atoms. The zero-order chi connectivity index (χ0) is 11.6. The molecule has 2 aliphatic rings. The van der Waals surface area contributed by atoms with Crippen molar-refractivity contribution in [2.75, 3.05) is 32.8 Å². The van der Waals surface area contributed by atoms with Crippen LogP contribution in [0.5, 0.6) is 0 Å². The van der Waals surface area contributed by atoms with Crippen LogP contribution < -0.4 is 5.32 Å². The van der Waals surface area contributed by atoms with Crippen molar-refractivity contribution < 1.29 is 5.11 Å². The molecule has 3 nitrogen and oxygen atoms in total. The van der Waals surface area contributed by atoms with E-state index in [0.29, 0.717) is 6.61 Å². The molecule has 16 heavy (non-hydrogen) atoms. The Morgan fingerprint density at radius 1 is 1.31 bits per heavy atom. The maximum Gasteiger partial charge on any atom is 0.0436 e. The summed E-state index contributed by atoms with van der Waals surface area (Å²) in [4.78, 5) is 2.59. The third-order valence-corrected chi connectivity index (χ3v) is 4.27. The third kappa shape index (κ3) is 2.96. The fourth-order valence-electron chi connectivity index (χ4n) is 3.02. The number of fused-ring (bicyclic) bond motifs is 2. The highest BCUT2D eigenvalue weighted by Gasteiger charge is 2.34. The molecule has 2 saturated heterocycles. The van der Waals surface area contributed by atoms with Crippen LogP contribution in [0.15, 0.2) is 0 Å². The van der Waals surface area contributed by atoms with Gasteiger partial charge in [-0.3, -0.25) is 0 Å². The number of rotatable bonds is 5. The van der Waals surface area contributed by atoms with Gasteiger partial charge in [-0.25, -0.2) is 0 Å². The molecule has 3 heteroatoms. The van der Waals surface area contributed by atoms with E-state index in [1.54, 1.807) is 0 Å². The molecule has 2 fully saturated rings. The molecule has 2 N–H and O–H groups in total. The zero-order valence-corrected chi connectivity index (χ0v) is 10.7. The monoisotopic (exact) mass is 226 g/mol. The molecule has 0 amide bonds. The SMILES string of the molecule is CC(C)(CCO)CNC1CCN2CCC1C2. The van der Waals surface area contributed by atoms with E-state index < -0.39 is 0 Å². The molecule has 2 heterocycles. The van der Waals surface area contributed by atoms with Crippen molar-refractivity contribution in [3.63, 3.8) is 0 Å². The van der Waals surface area contributed by atoms with Crippen LogP contribution in [-0.4, -0.2) is 48.8 Å². The normalized spacial score (nSPS) is 34.3. The Hall–Kier alpha value is -0.120. The quantitative estimate of drug-likeness (QED) is 0.736. The number of aliphatic hydroxyl groups is 1. The average Bonchev–Trinajstić information content (AvgIpc) is 2.60. The minimum Gasteiger partial charge on any atom is -0.396 e. The average molecular weight is 226 g/mol. The first-order valence-corrected chi connectivity index (χ1v) is 6.67. The van der Waals surface area contributed by atoms with Crippen molar-refractivity contribution in [1.82, 2.24) is 10.2 Å². The molecule has 0 aromatic heterocycles. The minimum atomic E-state index is 0.227. The van der Waals surface area contributed by atoms with Crippen molar-refractivity contribution in [3.05, 3.63) is 0 Å². The Kier molecular flexibility index (Phi) is 3.88. The molecular formula is C13H26N2O. The predicted octanol–water partition coefficient (Wildman–Crippen LogP) is 1.08. The molecule has 2 aliphatic heterocycles. The van der Waals surface area contributed by atoms with E-state index in [1.807, 2.05) is 0 Å². The lowest BCUT2D eigenvalue weighted by Gasteiger charge is -2.34. The van der Waals surface area contributed by atoms with E-state index in [0.717, 1.165) is 24.9 Å². The summed E-state index contributed by atoms with van der Waals surface area (Å²) in [6, 6.07) is 0.719. The first kappa shape index (κ1) is 12.3. The van der Waals surface area contributed by atoms with Gasteiger partial charge in [-0.2, -0.15) is 0 Å². The van der Waals surface area contributed by atoms with Crippen LogP contribution in [0.2, 0.25) is 0 Å². The van der Waals surface area contributed by atoms with E-state index in [4.69, 9.17) is 5.11 Å². The summed E-state index contributed by atoms with van der Waals surface area (Å²) in [5.74, 6) is 0.874. The zero-order valence-electron chi connectivity index (χ0n) is 10.7.